The Kier molecular flexibility index (Phi) is 2.99. The Morgan fingerprint density at radius 1 is 1.27 bits per heavy atom. The van der Waals surface area contributed by atoms with E-state index in [1.165, 1.54) is 19.3 Å². The monoisotopic (exact) mass is 204 g/mol. The molecule has 0 saturated carbocycles. The molecule has 1 aromatic rings. The molecule has 0 unspecified atom stereocenters. The SMILES string of the molecule is Cc1nc(N2CCCCC2)ccc1C=O. The van der Waals surface area contributed by atoms with E-state index in [2.05, 4.69) is 9.88 Å². The zero-order chi connectivity index (χ0) is 10.7. The fourth-order valence-electron chi connectivity index (χ4n) is 1.98. The number of hydrogen-bond donors (Lipinski definition) is 0. The van der Waals surface area contributed by atoms with Crippen LogP contribution in [0.3, 0.4) is 0 Å². The van der Waals surface area contributed by atoms with Crippen molar-refractivity contribution in [2.24, 2.45) is 0 Å². The van der Waals surface area contributed by atoms with Gasteiger partial charge in [0.25, 0.3) is 0 Å². The molecule has 0 aliphatic carbocycles. The van der Waals surface area contributed by atoms with E-state index >= 15 is 0 Å². The lowest BCUT2D eigenvalue weighted by atomic mass is 10.1. The van der Waals surface area contributed by atoms with Gasteiger partial charge in [-0.25, -0.2) is 4.98 Å². The van der Waals surface area contributed by atoms with Gasteiger partial charge in [0.1, 0.15) is 5.82 Å². The normalized spacial score (nSPS) is 16.5. The average Bonchev–Trinajstić information content (AvgIpc) is 2.30. The summed E-state index contributed by atoms with van der Waals surface area (Å²) in [6.07, 6.45) is 4.68. The van der Waals surface area contributed by atoms with Crippen molar-refractivity contribution in [3.8, 4) is 0 Å². The number of aryl methyl sites for hydroxylation is 1. The fourth-order valence-corrected chi connectivity index (χ4v) is 1.98. The van der Waals surface area contributed by atoms with E-state index in [0.717, 1.165) is 30.9 Å². The van der Waals surface area contributed by atoms with Crippen molar-refractivity contribution in [2.45, 2.75) is 26.2 Å². The van der Waals surface area contributed by atoms with Crippen molar-refractivity contribution in [2.75, 3.05) is 18.0 Å². The van der Waals surface area contributed by atoms with E-state index in [0.29, 0.717) is 5.56 Å². The summed E-state index contributed by atoms with van der Waals surface area (Å²) in [4.78, 5) is 17.4. The van der Waals surface area contributed by atoms with Crippen molar-refractivity contribution >= 4 is 12.1 Å². The lowest BCUT2D eigenvalue weighted by Crippen LogP contribution is -2.30. The summed E-state index contributed by atoms with van der Waals surface area (Å²) in [6.45, 7) is 4.07. The van der Waals surface area contributed by atoms with E-state index in [-0.39, 0.29) is 0 Å². The standard InChI is InChI=1S/C12H16N2O/c1-10-11(9-15)5-6-12(13-10)14-7-3-2-4-8-14/h5-6,9H,2-4,7-8H2,1H3. The second kappa shape index (κ2) is 4.43. The third kappa shape index (κ3) is 2.17. The maximum Gasteiger partial charge on any atom is 0.151 e. The van der Waals surface area contributed by atoms with E-state index < -0.39 is 0 Å². The summed E-state index contributed by atoms with van der Waals surface area (Å²) in [5.74, 6) is 1.01. The van der Waals surface area contributed by atoms with Gasteiger partial charge in [-0.3, -0.25) is 4.79 Å². The summed E-state index contributed by atoms with van der Waals surface area (Å²) in [6, 6.07) is 3.81. The topological polar surface area (TPSA) is 33.2 Å². The Labute approximate surface area is 90.1 Å². The number of aldehydes is 1. The first kappa shape index (κ1) is 10.1. The van der Waals surface area contributed by atoms with Gasteiger partial charge in [-0.2, -0.15) is 0 Å². The van der Waals surface area contributed by atoms with Crippen molar-refractivity contribution in [3.05, 3.63) is 23.4 Å². The number of rotatable bonds is 2. The average molecular weight is 204 g/mol. The molecule has 0 N–H and O–H groups in total. The van der Waals surface area contributed by atoms with E-state index in [9.17, 15) is 4.79 Å². The smallest absolute Gasteiger partial charge is 0.151 e. The first-order valence-corrected chi connectivity index (χ1v) is 5.49. The van der Waals surface area contributed by atoms with Gasteiger partial charge in [0.2, 0.25) is 0 Å². The molecule has 0 spiro atoms. The van der Waals surface area contributed by atoms with Gasteiger partial charge in [0.15, 0.2) is 6.29 Å². The molecule has 0 atom stereocenters. The molecule has 0 bridgehead atoms. The fraction of sp³-hybridized carbons (Fsp3) is 0.500. The molecule has 1 saturated heterocycles. The minimum atomic E-state index is 0.691. The van der Waals surface area contributed by atoms with Gasteiger partial charge in [0, 0.05) is 18.7 Å². The molecular formula is C12H16N2O. The number of carbonyl (C=O) groups excluding carboxylic acids is 1. The first-order chi connectivity index (χ1) is 7.31. The lowest BCUT2D eigenvalue weighted by Gasteiger charge is -2.28. The Morgan fingerprint density at radius 2 is 2.00 bits per heavy atom. The summed E-state index contributed by atoms with van der Waals surface area (Å²) in [5.41, 5.74) is 1.52. The minimum Gasteiger partial charge on any atom is -0.357 e. The highest BCUT2D eigenvalue weighted by Crippen LogP contribution is 2.18. The van der Waals surface area contributed by atoms with Crippen LogP contribution in [-0.2, 0) is 0 Å². The zero-order valence-corrected chi connectivity index (χ0v) is 9.07. The van der Waals surface area contributed by atoms with Crippen LogP contribution in [0.15, 0.2) is 12.1 Å². The maximum absolute atomic E-state index is 10.7. The molecule has 0 amide bonds. The van der Waals surface area contributed by atoms with E-state index in [4.69, 9.17) is 0 Å². The molecule has 0 aromatic carbocycles. The molecule has 1 aliphatic heterocycles. The third-order valence-electron chi connectivity index (χ3n) is 2.92. The van der Waals surface area contributed by atoms with Crippen LogP contribution in [0, 0.1) is 6.92 Å². The van der Waals surface area contributed by atoms with Crippen LogP contribution in [0.25, 0.3) is 0 Å². The van der Waals surface area contributed by atoms with E-state index in [1.54, 1.807) is 0 Å². The van der Waals surface area contributed by atoms with Gasteiger partial charge in [-0.15, -0.1) is 0 Å². The molecule has 15 heavy (non-hydrogen) atoms. The summed E-state index contributed by atoms with van der Waals surface area (Å²) in [5, 5.41) is 0. The molecule has 2 heterocycles. The first-order valence-electron chi connectivity index (χ1n) is 5.49. The van der Waals surface area contributed by atoms with E-state index in [1.807, 2.05) is 19.1 Å². The predicted octanol–water partition coefficient (Wildman–Crippen LogP) is 2.19. The number of carbonyl (C=O) groups is 1. The number of hydrogen-bond acceptors (Lipinski definition) is 3. The Morgan fingerprint density at radius 3 is 2.60 bits per heavy atom. The lowest BCUT2D eigenvalue weighted by molar-refractivity contribution is 0.112. The predicted molar refractivity (Wildman–Crippen MR) is 60.4 cm³/mol. The molecule has 3 nitrogen and oxygen atoms in total. The molecule has 1 fully saturated rings. The highest BCUT2D eigenvalue weighted by molar-refractivity contribution is 5.76. The van der Waals surface area contributed by atoms with Crippen LogP contribution in [0.2, 0.25) is 0 Å². The maximum atomic E-state index is 10.7. The van der Waals surface area contributed by atoms with Crippen LogP contribution in [0.4, 0.5) is 5.82 Å². The summed E-state index contributed by atoms with van der Waals surface area (Å²) >= 11 is 0. The Balaban J connectivity index is 2.21. The minimum absolute atomic E-state index is 0.691. The second-order valence-corrected chi connectivity index (χ2v) is 4.01. The number of aromatic nitrogens is 1. The Bertz CT molecular complexity index is 357. The zero-order valence-electron chi connectivity index (χ0n) is 9.07. The summed E-state index contributed by atoms with van der Waals surface area (Å²) < 4.78 is 0. The van der Waals surface area contributed by atoms with Gasteiger partial charge < -0.3 is 4.90 Å². The highest BCUT2D eigenvalue weighted by atomic mass is 16.1. The molecule has 3 heteroatoms. The van der Waals surface area contributed by atoms with Crippen molar-refractivity contribution in [1.29, 1.82) is 0 Å². The van der Waals surface area contributed by atoms with Gasteiger partial charge in [0.05, 0.1) is 5.69 Å². The molecule has 2 rings (SSSR count). The Hall–Kier alpha value is -1.38. The van der Waals surface area contributed by atoms with Gasteiger partial charge in [-0.1, -0.05) is 0 Å². The molecule has 1 aliphatic rings. The van der Waals surface area contributed by atoms with Gasteiger partial charge >= 0.3 is 0 Å². The van der Waals surface area contributed by atoms with Crippen LogP contribution >= 0.6 is 0 Å². The molecule has 80 valence electrons. The van der Waals surface area contributed by atoms with Crippen LogP contribution in [0.1, 0.15) is 35.3 Å². The van der Waals surface area contributed by atoms with Crippen LogP contribution < -0.4 is 4.90 Å². The highest BCUT2D eigenvalue weighted by Gasteiger charge is 2.12. The van der Waals surface area contributed by atoms with Crippen molar-refractivity contribution < 1.29 is 4.79 Å². The largest absolute Gasteiger partial charge is 0.357 e. The van der Waals surface area contributed by atoms with Crippen molar-refractivity contribution in [3.63, 3.8) is 0 Å². The molecule has 0 radical (unpaired) electrons. The number of nitrogens with zero attached hydrogens (tertiary/aromatic N) is 2. The van der Waals surface area contributed by atoms with Crippen LogP contribution in [-0.4, -0.2) is 24.4 Å². The van der Waals surface area contributed by atoms with Crippen LogP contribution in [0.5, 0.6) is 0 Å². The quantitative estimate of drug-likeness (QED) is 0.692. The van der Waals surface area contributed by atoms with Gasteiger partial charge in [-0.05, 0) is 38.3 Å². The molecule has 1 aromatic heterocycles. The number of piperidine rings is 1. The number of anilines is 1. The van der Waals surface area contributed by atoms with Crippen molar-refractivity contribution in [1.82, 2.24) is 4.98 Å². The second-order valence-electron chi connectivity index (χ2n) is 4.01. The number of pyridine rings is 1. The summed E-state index contributed by atoms with van der Waals surface area (Å²) in [7, 11) is 0. The molecular weight excluding hydrogens is 188 g/mol. The third-order valence-corrected chi connectivity index (χ3v) is 2.92.